The number of nitrogens with zero attached hydrogens (tertiary/aromatic N) is 1. The van der Waals surface area contributed by atoms with Crippen molar-refractivity contribution in [1.29, 1.82) is 0 Å². The standard InChI is InChI=1S/C16H14ClNO3/c1-18(21-2)16(20)14-6-4-3-5-13(14)15(19)11-7-9-12(17)10-8-11/h3-10H,1-2H3. The fourth-order valence-corrected chi connectivity index (χ4v) is 2.00. The van der Waals surface area contributed by atoms with E-state index in [1.165, 1.54) is 14.2 Å². The molecule has 0 saturated carbocycles. The van der Waals surface area contributed by atoms with E-state index in [4.69, 9.17) is 16.4 Å². The summed E-state index contributed by atoms with van der Waals surface area (Å²) in [5.41, 5.74) is 1.09. The van der Waals surface area contributed by atoms with Crippen LogP contribution in [0.4, 0.5) is 0 Å². The lowest BCUT2D eigenvalue weighted by molar-refractivity contribution is -0.0757. The molecule has 0 aromatic heterocycles. The zero-order valence-electron chi connectivity index (χ0n) is 11.7. The molecule has 0 spiro atoms. The van der Waals surface area contributed by atoms with Gasteiger partial charge in [0.2, 0.25) is 0 Å². The first-order valence-electron chi connectivity index (χ1n) is 6.26. The van der Waals surface area contributed by atoms with Crippen LogP contribution >= 0.6 is 11.6 Å². The first kappa shape index (κ1) is 15.2. The molecule has 21 heavy (non-hydrogen) atoms. The van der Waals surface area contributed by atoms with Gasteiger partial charge in [0.15, 0.2) is 5.78 Å². The number of halogens is 1. The number of amides is 1. The first-order chi connectivity index (χ1) is 10.0. The van der Waals surface area contributed by atoms with Crippen LogP contribution in [-0.4, -0.2) is 30.9 Å². The van der Waals surface area contributed by atoms with Gasteiger partial charge in [-0.2, -0.15) is 0 Å². The smallest absolute Gasteiger partial charge is 0.277 e. The molecule has 0 N–H and O–H groups in total. The van der Waals surface area contributed by atoms with E-state index >= 15 is 0 Å². The molecule has 5 heteroatoms. The summed E-state index contributed by atoms with van der Waals surface area (Å²) in [7, 11) is 2.88. The second-order valence-electron chi connectivity index (χ2n) is 4.37. The molecule has 0 aliphatic carbocycles. The molecule has 0 aliphatic rings. The molecule has 108 valence electrons. The van der Waals surface area contributed by atoms with E-state index in [1.54, 1.807) is 48.5 Å². The van der Waals surface area contributed by atoms with Gasteiger partial charge in [-0.15, -0.1) is 0 Å². The maximum absolute atomic E-state index is 12.5. The molecular weight excluding hydrogens is 290 g/mol. The Kier molecular flexibility index (Phi) is 4.73. The molecule has 0 atom stereocenters. The summed E-state index contributed by atoms with van der Waals surface area (Å²) < 4.78 is 0. The molecule has 0 aliphatic heterocycles. The van der Waals surface area contributed by atoms with Crippen molar-refractivity contribution in [3.8, 4) is 0 Å². The number of carbonyl (C=O) groups is 2. The Bertz CT molecular complexity index is 667. The van der Waals surface area contributed by atoms with Crippen LogP contribution in [0, 0.1) is 0 Å². The van der Waals surface area contributed by atoms with E-state index in [0.717, 1.165) is 5.06 Å². The van der Waals surface area contributed by atoms with E-state index in [-0.39, 0.29) is 11.7 Å². The van der Waals surface area contributed by atoms with Gasteiger partial charge in [-0.25, -0.2) is 5.06 Å². The third kappa shape index (κ3) is 3.29. The number of benzene rings is 2. The summed E-state index contributed by atoms with van der Waals surface area (Å²) in [6.07, 6.45) is 0. The van der Waals surface area contributed by atoms with Gasteiger partial charge in [0, 0.05) is 23.2 Å². The third-order valence-corrected chi connectivity index (χ3v) is 3.32. The summed E-state index contributed by atoms with van der Waals surface area (Å²) in [6.45, 7) is 0. The molecule has 0 heterocycles. The van der Waals surface area contributed by atoms with Gasteiger partial charge in [-0.05, 0) is 30.3 Å². The fourth-order valence-electron chi connectivity index (χ4n) is 1.88. The SMILES string of the molecule is CON(C)C(=O)c1ccccc1C(=O)c1ccc(Cl)cc1. The molecule has 0 bridgehead atoms. The molecule has 4 nitrogen and oxygen atoms in total. The van der Waals surface area contributed by atoms with Crippen LogP contribution in [0.3, 0.4) is 0 Å². The summed E-state index contributed by atoms with van der Waals surface area (Å²) >= 11 is 5.82. The Morgan fingerprint density at radius 2 is 1.57 bits per heavy atom. The van der Waals surface area contributed by atoms with Crippen LogP contribution in [-0.2, 0) is 4.84 Å². The van der Waals surface area contributed by atoms with Crippen molar-refractivity contribution in [1.82, 2.24) is 5.06 Å². The van der Waals surface area contributed by atoms with Crippen molar-refractivity contribution >= 4 is 23.3 Å². The minimum Gasteiger partial charge on any atom is -0.289 e. The summed E-state index contributed by atoms with van der Waals surface area (Å²) in [5.74, 6) is -0.615. The zero-order valence-corrected chi connectivity index (χ0v) is 12.4. The Morgan fingerprint density at radius 1 is 1.00 bits per heavy atom. The van der Waals surface area contributed by atoms with Crippen LogP contribution in [0.25, 0.3) is 0 Å². The van der Waals surface area contributed by atoms with Gasteiger partial charge in [0.1, 0.15) is 0 Å². The predicted molar refractivity (Wildman–Crippen MR) is 80.4 cm³/mol. The molecule has 0 saturated heterocycles. The Morgan fingerprint density at radius 3 is 2.14 bits per heavy atom. The average molecular weight is 304 g/mol. The Hall–Kier alpha value is -2.17. The van der Waals surface area contributed by atoms with Crippen molar-refractivity contribution < 1.29 is 14.4 Å². The van der Waals surface area contributed by atoms with E-state index in [9.17, 15) is 9.59 Å². The van der Waals surface area contributed by atoms with Gasteiger partial charge in [0.05, 0.1) is 12.7 Å². The predicted octanol–water partition coefficient (Wildman–Crippen LogP) is 3.20. The van der Waals surface area contributed by atoms with Crippen molar-refractivity contribution in [3.63, 3.8) is 0 Å². The van der Waals surface area contributed by atoms with Crippen LogP contribution in [0.2, 0.25) is 5.02 Å². The first-order valence-corrected chi connectivity index (χ1v) is 6.64. The lowest BCUT2D eigenvalue weighted by atomic mass is 9.98. The quantitative estimate of drug-likeness (QED) is 0.643. The van der Waals surface area contributed by atoms with E-state index in [1.807, 2.05) is 0 Å². The number of carbonyl (C=O) groups excluding carboxylic acids is 2. The highest BCUT2D eigenvalue weighted by Gasteiger charge is 2.20. The second-order valence-corrected chi connectivity index (χ2v) is 4.80. The lowest BCUT2D eigenvalue weighted by Crippen LogP contribution is -2.27. The van der Waals surface area contributed by atoms with Crippen molar-refractivity contribution in [2.75, 3.05) is 14.2 Å². The number of hydrogen-bond donors (Lipinski definition) is 0. The zero-order chi connectivity index (χ0) is 15.4. The molecule has 2 aromatic rings. The van der Waals surface area contributed by atoms with Crippen molar-refractivity contribution in [3.05, 3.63) is 70.2 Å². The largest absolute Gasteiger partial charge is 0.289 e. The minimum atomic E-state index is -0.379. The van der Waals surface area contributed by atoms with Crippen molar-refractivity contribution in [2.24, 2.45) is 0 Å². The van der Waals surface area contributed by atoms with E-state index in [0.29, 0.717) is 21.7 Å². The van der Waals surface area contributed by atoms with E-state index in [2.05, 4.69) is 0 Å². The minimum absolute atomic E-state index is 0.236. The summed E-state index contributed by atoms with van der Waals surface area (Å²) in [4.78, 5) is 29.6. The number of hydrogen-bond acceptors (Lipinski definition) is 3. The average Bonchev–Trinajstić information content (AvgIpc) is 2.53. The molecular formula is C16H14ClNO3. The Balaban J connectivity index is 2.42. The summed E-state index contributed by atoms with van der Waals surface area (Å²) in [6, 6.07) is 13.2. The van der Waals surface area contributed by atoms with Gasteiger partial charge in [-0.1, -0.05) is 29.8 Å². The Labute approximate surface area is 127 Å². The molecule has 0 fully saturated rings. The van der Waals surface area contributed by atoms with Crippen LogP contribution in [0.15, 0.2) is 48.5 Å². The highest BCUT2D eigenvalue weighted by Crippen LogP contribution is 2.18. The number of ketones is 1. The normalized spacial score (nSPS) is 10.2. The molecule has 2 rings (SSSR count). The fraction of sp³-hybridized carbons (Fsp3) is 0.125. The highest BCUT2D eigenvalue weighted by molar-refractivity contribution is 6.30. The van der Waals surface area contributed by atoms with Gasteiger partial charge < -0.3 is 0 Å². The topological polar surface area (TPSA) is 46.6 Å². The van der Waals surface area contributed by atoms with E-state index < -0.39 is 0 Å². The second kappa shape index (κ2) is 6.52. The molecule has 2 aromatic carbocycles. The number of rotatable bonds is 4. The van der Waals surface area contributed by atoms with Crippen LogP contribution in [0.5, 0.6) is 0 Å². The lowest BCUT2D eigenvalue weighted by Gasteiger charge is -2.15. The molecule has 0 unspecified atom stereocenters. The highest BCUT2D eigenvalue weighted by atomic mass is 35.5. The van der Waals surface area contributed by atoms with Gasteiger partial charge >= 0.3 is 0 Å². The number of hydroxylamine groups is 2. The van der Waals surface area contributed by atoms with Gasteiger partial charge in [-0.3, -0.25) is 14.4 Å². The maximum atomic E-state index is 12.5. The molecule has 1 amide bonds. The maximum Gasteiger partial charge on any atom is 0.277 e. The monoisotopic (exact) mass is 303 g/mol. The van der Waals surface area contributed by atoms with Crippen LogP contribution < -0.4 is 0 Å². The van der Waals surface area contributed by atoms with Crippen molar-refractivity contribution in [2.45, 2.75) is 0 Å². The summed E-state index contributed by atoms with van der Waals surface area (Å²) in [5, 5.41) is 1.63. The van der Waals surface area contributed by atoms with Gasteiger partial charge in [0.25, 0.3) is 5.91 Å². The van der Waals surface area contributed by atoms with Crippen LogP contribution in [0.1, 0.15) is 26.3 Å². The molecule has 0 radical (unpaired) electrons. The third-order valence-electron chi connectivity index (χ3n) is 3.07.